The minimum absolute atomic E-state index is 0.257. The van der Waals surface area contributed by atoms with E-state index in [4.69, 9.17) is 0 Å². The van der Waals surface area contributed by atoms with Crippen LogP contribution in [0.1, 0.15) is 27.2 Å². The van der Waals surface area contributed by atoms with Crippen molar-refractivity contribution < 1.29 is 14.4 Å². The highest BCUT2D eigenvalue weighted by Crippen LogP contribution is 2.24. The summed E-state index contributed by atoms with van der Waals surface area (Å²) >= 11 is 0. The van der Waals surface area contributed by atoms with Crippen molar-refractivity contribution in [1.29, 1.82) is 0 Å². The van der Waals surface area contributed by atoms with E-state index < -0.39 is 17.5 Å². The van der Waals surface area contributed by atoms with E-state index in [0.717, 1.165) is 4.90 Å². The van der Waals surface area contributed by atoms with Crippen LogP contribution in [0.15, 0.2) is 30.3 Å². The smallest absolute Gasteiger partial charge is 0.325 e. The van der Waals surface area contributed by atoms with Crippen molar-refractivity contribution in [3.8, 4) is 0 Å². The van der Waals surface area contributed by atoms with Crippen LogP contribution in [0.2, 0.25) is 0 Å². The molecule has 6 heteroatoms. The number of rotatable bonds is 5. The van der Waals surface area contributed by atoms with Gasteiger partial charge in [-0.25, -0.2) is 4.79 Å². The van der Waals surface area contributed by atoms with E-state index in [1.54, 1.807) is 31.2 Å². The lowest BCUT2D eigenvalue weighted by molar-refractivity contribution is -0.133. The van der Waals surface area contributed by atoms with Gasteiger partial charge in [0, 0.05) is 5.69 Å². The van der Waals surface area contributed by atoms with E-state index >= 15 is 0 Å². The second-order valence-corrected chi connectivity index (χ2v) is 6.17. The summed E-state index contributed by atoms with van der Waals surface area (Å²) in [6.07, 6.45) is 0.536. The maximum atomic E-state index is 12.4. The van der Waals surface area contributed by atoms with Gasteiger partial charge >= 0.3 is 6.03 Å². The van der Waals surface area contributed by atoms with Gasteiger partial charge in [-0.05, 0) is 31.4 Å². The van der Waals surface area contributed by atoms with Crippen LogP contribution < -0.4 is 10.6 Å². The summed E-state index contributed by atoms with van der Waals surface area (Å²) in [4.78, 5) is 37.4. The van der Waals surface area contributed by atoms with Gasteiger partial charge in [-0.1, -0.05) is 32.0 Å². The summed E-state index contributed by atoms with van der Waals surface area (Å²) in [5.41, 5.74) is -0.303. The van der Waals surface area contributed by atoms with Gasteiger partial charge in [0.15, 0.2) is 0 Å². The van der Waals surface area contributed by atoms with Crippen LogP contribution in [-0.2, 0) is 9.59 Å². The van der Waals surface area contributed by atoms with Crippen molar-refractivity contribution in [3.05, 3.63) is 30.3 Å². The number of benzene rings is 1. The Labute approximate surface area is 129 Å². The number of hydrogen-bond acceptors (Lipinski definition) is 3. The SMILES string of the molecule is CC(C)CC1(C)NC(=O)N(CC(=O)Nc2ccccc2)C1=O. The third kappa shape index (κ3) is 3.44. The molecule has 1 atom stereocenters. The van der Waals surface area contributed by atoms with Crippen LogP contribution in [0, 0.1) is 5.92 Å². The summed E-state index contributed by atoms with van der Waals surface area (Å²) in [5, 5.41) is 5.35. The number of carbonyl (C=O) groups is 3. The first-order chi connectivity index (χ1) is 10.3. The third-order valence-electron chi connectivity index (χ3n) is 3.52. The molecular weight excluding hydrogens is 282 g/mol. The Morgan fingerprint density at radius 3 is 2.50 bits per heavy atom. The summed E-state index contributed by atoms with van der Waals surface area (Å²) in [5.74, 6) is -0.495. The maximum absolute atomic E-state index is 12.4. The lowest BCUT2D eigenvalue weighted by atomic mass is 9.91. The monoisotopic (exact) mass is 303 g/mol. The van der Waals surface area contributed by atoms with Gasteiger partial charge < -0.3 is 10.6 Å². The summed E-state index contributed by atoms with van der Waals surface area (Å²) in [6.45, 7) is 5.38. The molecule has 1 unspecified atom stereocenters. The fourth-order valence-electron chi connectivity index (χ4n) is 2.71. The molecule has 22 heavy (non-hydrogen) atoms. The van der Waals surface area contributed by atoms with Gasteiger partial charge in [0.1, 0.15) is 12.1 Å². The van der Waals surface area contributed by atoms with Gasteiger partial charge in [0.2, 0.25) is 5.91 Å². The topological polar surface area (TPSA) is 78.5 Å². The molecule has 1 aromatic rings. The van der Waals surface area contributed by atoms with E-state index in [9.17, 15) is 14.4 Å². The van der Waals surface area contributed by atoms with Crippen LogP contribution in [0.5, 0.6) is 0 Å². The summed E-state index contributed by atoms with van der Waals surface area (Å²) in [7, 11) is 0. The summed E-state index contributed by atoms with van der Waals surface area (Å²) < 4.78 is 0. The average molecular weight is 303 g/mol. The number of carbonyl (C=O) groups excluding carboxylic acids is 3. The molecule has 0 bridgehead atoms. The molecule has 6 nitrogen and oxygen atoms in total. The predicted molar refractivity (Wildman–Crippen MR) is 83.2 cm³/mol. The number of anilines is 1. The molecule has 2 rings (SSSR count). The largest absolute Gasteiger partial charge is 0.325 e. The van der Waals surface area contributed by atoms with Crippen molar-refractivity contribution in [2.45, 2.75) is 32.7 Å². The molecule has 1 aliphatic rings. The van der Waals surface area contributed by atoms with Gasteiger partial charge in [0.25, 0.3) is 5.91 Å². The zero-order valence-electron chi connectivity index (χ0n) is 13.1. The van der Waals surface area contributed by atoms with Gasteiger partial charge in [-0.2, -0.15) is 0 Å². The van der Waals surface area contributed by atoms with E-state index in [0.29, 0.717) is 12.1 Å². The molecule has 0 aromatic heterocycles. The van der Waals surface area contributed by atoms with E-state index in [1.165, 1.54) is 0 Å². The molecule has 2 N–H and O–H groups in total. The van der Waals surface area contributed by atoms with Crippen LogP contribution in [-0.4, -0.2) is 34.8 Å². The van der Waals surface area contributed by atoms with Crippen molar-refractivity contribution in [2.75, 3.05) is 11.9 Å². The lowest BCUT2D eigenvalue weighted by Gasteiger charge is -2.23. The Hall–Kier alpha value is -2.37. The molecule has 0 saturated carbocycles. The zero-order valence-corrected chi connectivity index (χ0v) is 13.1. The highest BCUT2D eigenvalue weighted by atomic mass is 16.2. The number of amides is 4. The highest BCUT2D eigenvalue weighted by molar-refractivity contribution is 6.09. The minimum Gasteiger partial charge on any atom is -0.325 e. The highest BCUT2D eigenvalue weighted by Gasteiger charge is 2.48. The first kappa shape index (κ1) is 16.0. The fraction of sp³-hybridized carbons (Fsp3) is 0.438. The molecule has 1 aliphatic heterocycles. The van der Waals surface area contributed by atoms with Crippen LogP contribution in [0.25, 0.3) is 0 Å². The van der Waals surface area contributed by atoms with Crippen molar-refractivity contribution in [1.82, 2.24) is 10.2 Å². The van der Waals surface area contributed by atoms with Crippen LogP contribution in [0.4, 0.5) is 10.5 Å². The Balaban J connectivity index is 2.02. The van der Waals surface area contributed by atoms with Crippen LogP contribution >= 0.6 is 0 Å². The average Bonchev–Trinajstić information content (AvgIpc) is 2.62. The van der Waals surface area contributed by atoms with Gasteiger partial charge in [0.05, 0.1) is 0 Å². The predicted octanol–water partition coefficient (Wildman–Crippen LogP) is 1.98. The van der Waals surface area contributed by atoms with Crippen molar-refractivity contribution in [3.63, 3.8) is 0 Å². The standard InChI is InChI=1S/C16H21N3O3/c1-11(2)9-16(3)14(21)19(15(22)18-16)10-13(20)17-12-7-5-4-6-8-12/h4-8,11H,9-10H2,1-3H3,(H,17,20)(H,18,22). The first-order valence-electron chi connectivity index (χ1n) is 7.31. The molecule has 1 saturated heterocycles. The quantitative estimate of drug-likeness (QED) is 0.816. The molecular formula is C16H21N3O3. The number of urea groups is 1. The van der Waals surface area contributed by atoms with Crippen LogP contribution in [0.3, 0.4) is 0 Å². The molecule has 1 fully saturated rings. The van der Waals surface area contributed by atoms with Crippen molar-refractivity contribution >= 4 is 23.5 Å². The van der Waals surface area contributed by atoms with Crippen molar-refractivity contribution in [2.24, 2.45) is 5.92 Å². The minimum atomic E-state index is -0.932. The second-order valence-electron chi connectivity index (χ2n) is 6.17. The molecule has 118 valence electrons. The normalized spacial score (nSPS) is 21.2. The van der Waals surface area contributed by atoms with E-state index in [2.05, 4.69) is 10.6 Å². The number of nitrogens with zero attached hydrogens (tertiary/aromatic N) is 1. The van der Waals surface area contributed by atoms with Gasteiger partial charge in [-0.3, -0.25) is 14.5 Å². The number of nitrogens with one attached hydrogen (secondary N) is 2. The lowest BCUT2D eigenvalue weighted by Crippen LogP contribution is -2.45. The number of para-hydroxylation sites is 1. The molecule has 0 radical (unpaired) electrons. The number of imide groups is 1. The van der Waals surface area contributed by atoms with E-state index in [1.807, 2.05) is 19.9 Å². The molecule has 0 spiro atoms. The Kier molecular flexibility index (Phi) is 4.49. The molecule has 4 amide bonds. The Bertz CT molecular complexity index is 586. The molecule has 1 aromatic carbocycles. The maximum Gasteiger partial charge on any atom is 0.325 e. The Morgan fingerprint density at radius 1 is 1.27 bits per heavy atom. The fourth-order valence-corrected chi connectivity index (χ4v) is 2.71. The van der Waals surface area contributed by atoms with E-state index in [-0.39, 0.29) is 18.4 Å². The first-order valence-corrected chi connectivity index (χ1v) is 7.31. The molecule has 0 aliphatic carbocycles. The molecule has 1 heterocycles. The Morgan fingerprint density at radius 2 is 1.91 bits per heavy atom. The summed E-state index contributed by atoms with van der Waals surface area (Å²) in [6, 6.07) is 8.40. The number of hydrogen-bond donors (Lipinski definition) is 2. The van der Waals surface area contributed by atoms with Gasteiger partial charge in [-0.15, -0.1) is 0 Å². The zero-order chi connectivity index (χ0) is 16.3. The second kappa shape index (κ2) is 6.17. The third-order valence-corrected chi connectivity index (χ3v) is 3.52.